The lowest BCUT2D eigenvalue weighted by Gasteiger charge is -2.37. The van der Waals surface area contributed by atoms with Crippen molar-refractivity contribution in [1.82, 2.24) is 8.61 Å². The molecule has 1 aliphatic heterocycles. The maximum absolute atomic E-state index is 13.3. The number of piperidine rings is 1. The van der Waals surface area contributed by atoms with E-state index in [0.717, 1.165) is 25.7 Å². The van der Waals surface area contributed by atoms with Crippen molar-refractivity contribution < 1.29 is 21.6 Å². The summed E-state index contributed by atoms with van der Waals surface area (Å²) in [5, 5.41) is 0. The third-order valence-electron chi connectivity index (χ3n) is 6.24. The minimum absolute atomic E-state index is 0.0172. The average Bonchev–Trinajstić information content (AvgIpc) is 3.65. The van der Waals surface area contributed by atoms with Crippen molar-refractivity contribution >= 4 is 20.0 Å². The highest BCUT2D eigenvalue weighted by atomic mass is 32.2. The first-order valence-corrected chi connectivity index (χ1v) is 14.5. The molecule has 33 heavy (non-hydrogen) atoms. The van der Waals surface area contributed by atoms with Crippen LogP contribution < -0.4 is 4.74 Å². The lowest BCUT2D eigenvalue weighted by molar-refractivity contribution is 0.211. The van der Waals surface area contributed by atoms with Crippen LogP contribution in [0.25, 0.3) is 0 Å². The Labute approximate surface area is 197 Å². The van der Waals surface area contributed by atoms with Crippen molar-refractivity contribution in [2.45, 2.75) is 67.3 Å². The lowest BCUT2D eigenvalue weighted by Crippen LogP contribution is -2.49. The van der Waals surface area contributed by atoms with Crippen molar-refractivity contribution in [3.8, 4) is 5.75 Å². The zero-order valence-electron chi connectivity index (χ0n) is 19.0. The SMILES string of the molecule is CCCCOc1ccc(S(=O)(=O)N2CCC(N(C3CC3)S(=O)(=O)c3ccccc3)CC2)cc1. The summed E-state index contributed by atoms with van der Waals surface area (Å²) in [7, 11) is -7.24. The van der Waals surface area contributed by atoms with Gasteiger partial charge in [0.2, 0.25) is 20.0 Å². The fourth-order valence-electron chi connectivity index (χ4n) is 4.26. The van der Waals surface area contributed by atoms with Gasteiger partial charge in [-0.15, -0.1) is 0 Å². The topological polar surface area (TPSA) is 84.0 Å². The molecule has 0 amide bonds. The predicted octanol–water partition coefficient (Wildman–Crippen LogP) is 3.87. The van der Waals surface area contributed by atoms with Gasteiger partial charge in [-0.1, -0.05) is 31.5 Å². The summed E-state index contributed by atoms with van der Waals surface area (Å²) in [6.45, 7) is 3.30. The maximum Gasteiger partial charge on any atom is 0.243 e. The molecule has 1 saturated heterocycles. The Kier molecular flexibility index (Phi) is 7.43. The van der Waals surface area contributed by atoms with Crippen LogP contribution >= 0.6 is 0 Å². The molecule has 2 aromatic carbocycles. The zero-order chi connectivity index (χ0) is 23.5. The largest absolute Gasteiger partial charge is 0.494 e. The Balaban J connectivity index is 1.43. The van der Waals surface area contributed by atoms with E-state index in [1.54, 1.807) is 58.9 Å². The van der Waals surface area contributed by atoms with Crippen molar-refractivity contribution in [2.24, 2.45) is 0 Å². The first-order chi connectivity index (χ1) is 15.8. The Morgan fingerprint density at radius 3 is 2.03 bits per heavy atom. The molecule has 0 N–H and O–H groups in total. The van der Waals surface area contributed by atoms with Gasteiger partial charge in [-0.25, -0.2) is 16.8 Å². The molecule has 180 valence electrons. The van der Waals surface area contributed by atoms with E-state index in [1.165, 1.54) is 4.31 Å². The predicted molar refractivity (Wildman–Crippen MR) is 127 cm³/mol. The summed E-state index contributed by atoms with van der Waals surface area (Å²) in [6, 6.07) is 14.9. The van der Waals surface area contributed by atoms with Gasteiger partial charge in [0.25, 0.3) is 0 Å². The normalized spacial score (nSPS) is 18.5. The summed E-state index contributed by atoms with van der Waals surface area (Å²) in [5.41, 5.74) is 0. The minimum atomic E-state index is -3.64. The second kappa shape index (κ2) is 10.1. The number of ether oxygens (including phenoxy) is 1. The van der Waals surface area contributed by atoms with E-state index in [1.807, 2.05) is 0 Å². The highest BCUT2D eigenvalue weighted by molar-refractivity contribution is 7.89. The number of benzene rings is 2. The average molecular weight is 493 g/mol. The van der Waals surface area contributed by atoms with Crippen LogP contribution in [0.1, 0.15) is 45.4 Å². The number of hydrogen-bond donors (Lipinski definition) is 0. The van der Waals surface area contributed by atoms with Crippen molar-refractivity contribution in [1.29, 1.82) is 0 Å². The van der Waals surface area contributed by atoms with Crippen molar-refractivity contribution in [2.75, 3.05) is 19.7 Å². The molecule has 0 bridgehead atoms. The van der Waals surface area contributed by atoms with E-state index in [2.05, 4.69) is 6.92 Å². The fourth-order valence-corrected chi connectivity index (χ4v) is 7.68. The van der Waals surface area contributed by atoms with Crippen LogP contribution in [-0.2, 0) is 20.0 Å². The Bertz CT molecular complexity index is 1120. The Morgan fingerprint density at radius 1 is 0.848 bits per heavy atom. The molecule has 7 nitrogen and oxygen atoms in total. The third-order valence-corrected chi connectivity index (χ3v) is 10.2. The first-order valence-electron chi connectivity index (χ1n) is 11.7. The molecule has 0 spiro atoms. The molecular formula is C24H32N2O5S2. The second-order valence-corrected chi connectivity index (χ2v) is 12.5. The van der Waals surface area contributed by atoms with Gasteiger partial charge in [0, 0.05) is 25.2 Å². The maximum atomic E-state index is 13.3. The summed E-state index contributed by atoms with van der Waals surface area (Å²) in [4.78, 5) is 0.535. The van der Waals surface area contributed by atoms with Crippen LogP contribution in [-0.4, -0.2) is 57.2 Å². The number of sulfonamides is 2. The monoisotopic (exact) mass is 492 g/mol. The zero-order valence-corrected chi connectivity index (χ0v) is 20.6. The van der Waals surface area contributed by atoms with Crippen LogP contribution in [0.15, 0.2) is 64.4 Å². The van der Waals surface area contributed by atoms with Gasteiger partial charge in [-0.2, -0.15) is 8.61 Å². The molecule has 2 aliphatic rings. The van der Waals surface area contributed by atoms with Crippen LogP contribution in [0.5, 0.6) is 5.75 Å². The lowest BCUT2D eigenvalue weighted by atomic mass is 10.1. The number of hydrogen-bond acceptors (Lipinski definition) is 5. The van der Waals surface area contributed by atoms with Crippen molar-refractivity contribution in [3.63, 3.8) is 0 Å². The molecule has 0 unspecified atom stereocenters. The molecule has 0 aromatic heterocycles. The smallest absolute Gasteiger partial charge is 0.243 e. The van der Waals surface area contributed by atoms with E-state index in [9.17, 15) is 16.8 Å². The van der Waals surface area contributed by atoms with Gasteiger partial charge >= 0.3 is 0 Å². The number of nitrogens with zero attached hydrogens (tertiary/aromatic N) is 2. The van der Waals surface area contributed by atoms with Gasteiger partial charge in [-0.05, 0) is 68.5 Å². The summed E-state index contributed by atoms with van der Waals surface area (Å²) in [6.07, 6.45) is 4.68. The van der Waals surface area contributed by atoms with E-state index in [0.29, 0.717) is 43.2 Å². The third kappa shape index (κ3) is 5.42. The van der Waals surface area contributed by atoms with Gasteiger partial charge in [0.1, 0.15) is 5.75 Å². The van der Waals surface area contributed by atoms with Crippen LogP contribution in [0.4, 0.5) is 0 Å². The van der Waals surface area contributed by atoms with E-state index >= 15 is 0 Å². The molecule has 0 radical (unpaired) electrons. The quantitative estimate of drug-likeness (QED) is 0.470. The van der Waals surface area contributed by atoms with Gasteiger partial charge in [0.15, 0.2) is 0 Å². The highest BCUT2D eigenvalue weighted by Crippen LogP contribution is 2.37. The minimum Gasteiger partial charge on any atom is -0.494 e. The fraction of sp³-hybridized carbons (Fsp3) is 0.500. The summed E-state index contributed by atoms with van der Waals surface area (Å²) >= 11 is 0. The second-order valence-electron chi connectivity index (χ2n) is 8.69. The van der Waals surface area contributed by atoms with Gasteiger partial charge < -0.3 is 4.74 Å². The Hall–Kier alpha value is -1.94. The molecule has 1 saturated carbocycles. The molecule has 9 heteroatoms. The van der Waals surface area contributed by atoms with Gasteiger partial charge in [-0.3, -0.25) is 0 Å². The van der Waals surface area contributed by atoms with E-state index in [-0.39, 0.29) is 17.0 Å². The molecule has 2 aromatic rings. The summed E-state index contributed by atoms with van der Waals surface area (Å²) < 4.78 is 61.7. The molecule has 2 fully saturated rings. The van der Waals surface area contributed by atoms with Crippen LogP contribution in [0.2, 0.25) is 0 Å². The molecule has 1 aliphatic carbocycles. The highest BCUT2D eigenvalue weighted by Gasteiger charge is 2.44. The molecular weight excluding hydrogens is 460 g/mol. The number of rotatable bonds is 10. The standard InChI is InChI=1S/C24H32N2O5S2/c1-2-3-19-31-22-11-13-24(14-12-22)32(27,28)25-17-15-21(16-18-25)26(20-9-10-20)33(29,30)23-7-5-4-6-8-23/h4-8,11-14,20-21H,2-3,9-10,15-19H2,1H3. The van der Waals surface area contributed by atoms with Crippen molar-refractivity contribution in [3.05, 3.63) is 54.6 Å². The molecule has 0 atom stereocenters. The van der Waals surface area contributed by atoms with Crippen LogP contribution in [0, 0.1) is 0 Å². The van der Waals surface area contributed by atoms with Crippen LogP contribution in [0.3, 0.4) is 0 Å². The molecule has 4 rings (SSSR count). The van der Waals surface area contributed by atoms with E-state index < -0.39 is 20.0 Å². The Morgan fingerprint density at radius 2 is 1.45 bits per heavy atom. The summed E-state index contributed by atoms with van der Waals surface area (Å²) in [5.74, 6) is 0.660. The van der Waals surface area contributed by atoms with Gasteiger partial charge in [0.05, 0.1) is 16.4 Å². The first kappa shape index (κ1) is 24.2. The van der Waals surface area contributed by atoms with E-state index in [4.69, 9.17) is 4.74 Å². The number of unbranched alkanes of at least 4 members (excludes halogenated alkanes) is 1. The molecule has 1 heterocycles.